The third kappa shape index (κ3) is 23.5. The largest absolute Gasteiger partial charge is 0.462 e. The van der Waals surface area contributed by atoms with Crippen molar-refractivity contribution >= 4 is 166 Å². The van der Waals surface area contributed by atoms with Gasteiger partial charge >= 0.3 is 18.0 Å². The summed E-state index contributed by atoms with van der Waals surface area (Å²) in [6.07, 6.45) is 8.44. The Bertz CT molecular complexity index is 5970. The molecule has 0 aliphatic carbocycles. The summed E-state index contributed by atoms with van der Waals surface area (Å²) in [5.74, 6) is -2.99. The monoisotopic (exact) mass is 1970 g/mol. The number of amides is 3. The van der Waals surface area contributed by atoms with E-state index in [-0.39, 0.29) is 139 Å². The molecular weight excluding hydrogens is 1840 g/mol. The highest BCUT2D eigenvalue weighted by molar-refractivity contribution is 7.60. The summed E-state index contributed by atoms with van der Waals surface area (Å²) in [6, 6.07) is 38.1. The van der Waals surface area contributed by atoms with Crippen LogP contribution in [-0.2, 0) is 59.9 Å². The molecule has 37 heteroatoms. The fourth-order valence-electron chi connectivity index (χ4n) is 20.1. The molecule has 28 nitrogen and oxygen atoms in total. The summed E-state index contributed by atoms with van der Waals surface area (Å²) in [5.41, 5.74) is 13.7. The van der Waals surface area contributed by atoms with E-state index < -0.39 is 53.3 Å². The van der Waals surface area contributed by atoms with Gasteiger partial charge in [-0.1, -0.05) is 117 Å². The Hall–Kier alpha value is -11.1. The van der Waals surface area contributed by atoms with Gasteiger partial charge in [-0.2, -0.15) is 111 Å². The number of halogens is 3. The highest BCUT2D eigenvalue weighted by atomic mass is 32.1. The molecule has 0 spiro atoms. The number of carbonyl (C=O) groups excluding carboxylic acids is 3. The molecule has 0 saturated carbocycles. The van der Waals surface area contributed by atoms with Crippen LogP contribution in [0.3, 0.4) is 0 Å². The van der Waals surface area contributed by atoms with Crippen molar-refractivity contribution in [2.75, 3.05) is 175 Å². The van der Waals surface area contributed by atoms with Crippen LogP contribution in [0.1, 0.15) is 89.0 Å². The Balaban J connectivity index is 0.000000206. The van der Waals surface area contributed by atoms with Crippen LogP contribution in [0, 0.1) is 33.6 Å². The predicted octanol–water partition coefficient (Wildman–Crippen LogP) is 13.2. The SMILES string of the molecule is S.S.S.S.S.S.[C-]#[N+]C[C@H]1CN(c2nc(OC[C@@H]3CCC(=C)N3C)nc3c2CCN(c2cccc4cccc(C)c24)C3)CCN1C(=O)C(=C)F.[C-]#[N+]C[C@H]1CN(c2nc(OC[C@@H]3CCCN3)nc3c2CCN(c2cccc4cccc(C)c24)C3)CCN1C(=O)C(=C)F.[C-]#[N+]C[C@H]1CN(c2nc(OC[C@@H]3CCCN3C)nc3c2CCN(c2cccc4cccc(CO)c24)C3)CCN1C(=O)C(=C)F. The van der Waals surface area contributed by atoms with Crippen LogP contribution in [0.2, 0.25) is 0 Å². The Morgan fingerprint density at radius 3 is 1.15 bits per heavy atom. The molecule has 3 amide bonds. The number of aliphatic hydroxyl groups excluding tert-OH is 1. The maximum absolute atomic E-state index is 13.8. The number of aryl methyl sites for hydroxylation is 2. The van der Waals surface area contributed by atoms with Crippen molar-refractivity contribution in [1.29, 1.82) is 0 Å². The lowest BCUT2D eigenvalue weighted by Gasteiger charge is -2.41. The van der Waals surface area contributed by atoms with Crippen LogP contribution in [0.5, 0.6) is 18.0 Å². The summed E-state index contributed by atoms with van der Waals surface area (Å²) in [6.45, 7) is 51.3. The summed E-state index contributed by atoms with van der Waals surface area (Å²) in [5, 5.41) is 20.6. The molecule has 136 heavy (non-hydrogen) atoms. The molecule has 9 aliphatic heterocycles. The van der Waals surface area contributed by atoms with Crippen molar-refractivity contribution in [2.45, 2.75) is 134 Å². The number of nitrogens with zero attached hydrogens (tertiary/aromatic N) is 20. The van der Waals surface area contributed by atoms with Gasteiger partial charge in [0.1, 0.15) is 55.4 Å². The summed E-state index contributed by atoms with van der Waals surface area (Å²) >= 11 is 0. The number of piperazine rings is 3. The van der Waals surface area contributed by atoms with Gasteiger partial charge in [0, 0.05) is 153 Å². The number of aliphatic hydroxyl groups is 1. The first-order valence-electron chi connectivity index (χ1n) is 45.0. The predicted molar refractivity (Wildman–Crippen MR) is 561 cm³/mol. The zero-order chi connectivity index (χ0) is 91.0. The number of hydrogen-bond donors (Lipinski definition) is 2. The highest BCUT2D eigenvalue weighted by Gasteiger charge is 2.42. The maximum Gasteiger partial charge on any atom is 0.318 e. The number of benzene rings is 6. The van der Waals surface area contributed by atoms with E-state index in [0.29, 0.717) is 109 Å². The molecule has 9 aromatic rings. The van der Waals surface area contributed by atoms with E-state index in [0.717, 1.165) is 163 Å². The lowest BCUT2D eigenvalue weighted by molar-refractivity contribution is -0.131. The number of hydrogen-bond acceptors (Lipinski definition) is 22. The van der Waals surface area contributed by atoms with Gasteiger partial charge in [0.25, 0.3) is 17.7 Å². The first-order valence-corrected chi connectivity index (χ1v) is 45.0. The minimum absolute atomic E-state index is 0. The Labute approximate surface area is 836 Å². The summed E-state index contributed by atoms with van der Waals surface area (Å²) in [7, 11) is 4.14. The van der Waals surface area contributed by atoms with E-state index in [1.807, 2.05) is 25.2 Å². The third-order valence-electron chi connectivity index (χ3n) is 27.0. The fraction of sp³-hybridized carbons (Fsp3) is 0.434. The number of allylic oxidation sites excluding steroid dienone is 1. The minimum atomic E-state index is -1.02. The molecule has 0 unspecified atom stereocenters. The number of anilines is 6. The lowest BCUT2D eigenvalue weighted by atomic mass is 9.99. The van der Waals surface area contributed by atoms with Gasteiger partial charge in [-0.25, -0.2) is 32.9 Å². The van der Waals surface area contributed by atoms with Gasteiger partial charge < -0.3 is 93.1 Å². The number of ether oxygens (including phenoxy) is 3. The Morgan fingerprint density at radius 2 is 0.809 bits per heavy atom. The molecule has 2 N–H and O–H groups in total. The van der Waals surface area contributed by atoms with E-state index in [1.54, 1.807) is 0 Å². The van der Waals surface area contributed by atoms with Crippen LogP contribution in [0.25, 0.3) is 46.9 Å². The van der Waals surface area contributed by atoms with Crippen molar-refractivity contribution < 1.29 is 46.9 Å². The quantitative estimate of drug-likeness (QED) is 0.0474. The first kappa shape index (κ1) is 107. The number of rotatable bonds is 22. The number of fused-ring (bicyclic) bond motifs is 6. The number of carbonyl (C=O) groups is 3. The average Bonchev–Trinajstić information content (AvgIpc) is 0.794. The topological polar surface area (TPSA) is 237 Å². The Morgan fingerprint density at radius 1 is 0.441 bits per heavy atom. The molecule has 6 aromatic carbocycles. The molecular formula is C99H124F3N21O7S6. The van der Waals surface area contributed by atoms with E-state index in [1.165, 1.54) is 58.7 Å². The van der Waals surface area contributed by atoms with Gasteiger partial charge in [-0.15, -0.1) is 0 Å². The van der Waals surface area contributed by atoms with Gasteiger partial charge in [0.2, 0.25) is 19.6 Å². The van der Waals surface area contributed by atoms with Crippen LogP contribution >= 0.6 is 81.0 Å². The van der Waals surface area contributed by atoms with Crippen LogP contribution in [-0.4, -0.2) is 259 Å². The van der Waals surface area contributed by atoms with Gasteiger partial charge in [-0.3, -0.25) is 14.4 Å². The Kier molecular flexibility index (Phi) is 38.0. The fourth-order valence-corrected chi connectivity index (χ4v) is 20.1. The molecule has 724 valence electrons. The molecule has 6 atom stereocenters. The second-order valence-electron chi connectivity index (χ2n) is 35.0. The van der Waals surface area contributed by atoms with Crippen molar-refractivity contribution in [3.05, 3.63) is 243 Å². The molecule has 0 radical (unpaired) electrons. The van der Waals surface area contributed by atoms with E-state index in [2.05, 4.69) is 197 Å². The number of nitrogens with one attached hydrogen (secondary N) is 1. The maximum atomic E-state index is 13.8. The van der Waals surface area contributed by atoms with Gasteiger partial charge in [-0.05, 0) is 143 Å². The summed E-state index contributed by atoms with van der Waals surface area (Å²) < 4.78 is 60.1. The normalized spacial score (nSPS) is 19.4. The lowest BCUT2D eigenvalue weighted by Crippen LogP contribution is -2.57. The molecule has 3 aromatic heterocycles. The van der Waals surface area contributed by atoms with E-state index >= 15 is 0 Å². The zero-order valence-electron chi connectivity index (χ0n) is 77.5. The second kappa shape index (κ2) is 48.3. The van der Waals surface area contributed by atoms with Crippen LogP contribution in [0.15, 0.2) is 159 Å². The minimum Gasteiger partial charge on any atom is -0.462 e. The van der Waals surface area contributed by atoms with Crippen molar-refractivity contribution in [1.82, 2.24) is 59.7 Å². The highest BCUT2D eigenvalue weighted by Crippen LogP contribution is 2.42. The molecule has 9 aliphatic rings. The third-order valence-corrected chi connectivity index (χ3v) is 27.0. The van der Waals surface area contributed by atoms with Crippen molar-refractivity contribution in [3.8, 4) is 18.0 Å². The number of likely N-dealkylation sites (N-methyl/N-ethyl adjacent to an activating group) is 2. The average molecular weight is 1970 g/mol. The molecule has 12 heterocycles. The van der Waals surface area contributed by atoms with E-state index in [4.69, 9.17) is 63.8 Å². The van der Waals surface area contributed by atoms with Crippen molar-refractivity contribution in [2.24, 2.45) is 0 Å². The molecule has 6 fully saturated rings. The molecule has 18 rings (SSSR count). The van der Waals surface area contributed by atoms with Gasteiger partial charge in [0.15, 0.2) is 17.5 Å². The number of aromatic nitrogens is 6. The van der Waals surface area contributed by atoms with Crippen molar-refractivity contribution in [3.63, 3.8) is 0 Å². The van der Waals surface area contributed by atoms with Gasteiger partial charge in [0.05, 0.1) is 49.4 Å². The number of likely N-dealkylation sites (tertiary alicyclic amines) is 2. The summed E-state index contributed by atoms with van der Waals surface area (Å²) in [4.78, 5) is 99.8. The van der Waals surface area contributed by atoms with E-state index in [9.17, 15) is 32.7 Å². The molecule has 0 bridgehead atoms. The zero-order valence-corrected chi connectivity index (χ0v) is 83.5. The first-order chi connectivity index (χ1) is 63.0. The van der Waals surface area contributed by atoms with Crippen LogP contribution in [0.4, 0.5) is 47.7 Å². The standard InChI is InChI=1S/C34H38FN7O2.C33H38FN7O3.C32H36FN7O2.6H2S/c1-22-8-6-9-25-10-7-11-30(31(22)25)40-15-14-28-29(20-40)37-34(44-21-26-13-12-23(2)39(26)5)38-32(28)41-16-17-42(33(43)24(3)35)27(19-41)18-36-4;1-22(34)32(43)41-16-15-40(18-26(41)17-35-2)31-27-12-14-39(29-11-5-8-23-7-4-9-24(20-42)30(23)29)19-28(27)36-33(37-31)44-21-25-10-6-13-38(25)3;1-21-7-4-8-23-9-5-11-28(29(21)23)38-14-12-26-27(19-38)36-32(42-20-24-10-6-13-35-24)37-30(26)39-15-16-40(31(41)22(2)33)25(18-39)17-34-3;;;;;;/h6-11,26-27H,2-3,12-21H2,1,5H3;4-5,7-9,11,25-26,42H,1,6,10,12-21H2,3H3;4-5,7-9,11,24-25,35H,2,6,10,12-20H2,1H3;6*1H2/t26-,27-;25-,26-;24-,25-;;;;;;/m000....../s1. The van der Waals surface area contributed by atoms with Crippen LogP contribution < -0.4 is 48.9 Å². The molecule has 6 saturated heterocycles. The second-order valence-corrected chi connectivity index (χ2v) is 35.0. The smallest absolute Gasteiger partial charge is 0.318 e.